The van der Waals surface area contributed by atoms with Gasteiger partial charge in [0.2, 0.25) is 11.8 Å². The number of nitrogens with one attached hydrogen (secondary N) is 1. The van der Waals surface area contributed by atoms with E-state index in [0.717, 1.165) is 24.2 Å². The number of hydrogen-bond acceptors (Lipinski definition) is 3. The number of anilines is 1. The van der Waals surface area contributed by atoms with Crippen LogP contribution in [-0.2, 0) is 16.1 Å². The summed E-state index contributed by atoms with van der Waals surface area (Å²) in [6.07, 6.45) is 6.52. The smallest absolute Gasteiger partial charge is 0.227 e. The van der Waals surface area contributed by atoms with E-state index in [9.17, 15) is 9.59 Å². The molecule has 2 heterocycles. The molecule has 6 nitrogen and oxygen atoms in total. The highest BCUT2D eigenvalue weighted by Crippen LogP contribution is 2.25. The topological polar surface area (TPSA) is 67.2 Å². The average molecular weight is 326 g/mol. The molecule has 3 rings (SSSR count). The maximum absolute atomic E-state index is 12.3. The third kappa shape index (κ3) is 3.82. The third-order valence-corrected chi connectivity index (χ3v) is 4.26. The van der Waals surface area contributed by atoms with Crippen LogP contribution < -0.4 is 10.2 Å². The van der Waals surface area contributed by atoms with Gasteiger partial charge in [0.25, 0.3) is 0 Å². The van der Waals surface area contributed by atoms with Crippen molar-refractivity contribution in [1.29, 1.82) is 0 Å². The van der Waals surface area contributed by atoms with Crippen LogP contribution in [0.5, 0.6) is 0 Å². The zero-order valence-electron chi connectivity index (χ0n) is 13.8. The van der Waals surface area contributed by atoms with Crippen LogP contribution in [0.4, 0.5) is 5.69 Å². The first kappa shape index (κ1) is 16.2. The molecule has 0 bridgehead atoms. The second kappa shape index (κ2) is 7.29. The molecule has 0 saturated carbocycles. The summed E-state index contributed by atoms with van der Waals surface area (Å²) >= 11 is 0. The molecular formula is C18H22N4O2. The molecule has 1 N–H and O–H groups in total. The Kier molecular flexibility index (Phi) is 4.93. The van der Waals surface area contributed by atoms with Crippen molar-refractivity contribution in [3.63, 3.8) is 0 Å². The first-order valence-electron chi connectivity index (χ1n) is 8.24. The van der Waals surface area contributed by atoms with Crippen molar-refractivity contribution in [2.45, 2.75) is 26.3 Å². The number of imidazole rings is 1. The lowest BCUT2D eigenvalue weighted by atomic mass is 10.1. The number of rotatable bonds is 6. The zero-order chi connectivity index (χ0) is 16.9. The van der Waals surface area contributed by atoms with Gasteiger partial charge in [-0.15, -0.1) is 0 Å². The maximum atomic E-state index is 12.3. The van der Waals surface area contributed by atoms with Crippen molar-refractivity contribution in [1.82, 2.24) is 14.9 Å². The van der Waals surface area contributed by atoms with Gasteiger partial charge in [-0.1, -0.05) is 12.1 Å². The first-order valence-corrected chi connectivity index (χ1v) is 8.24. The van der Waals surface area contributed by atoms with Crippen LogP contribution in [0, 0.1) is 12.8 Å². The van der Waals surface area contributed by atoms with Crippen molar-refractivity contribution >= 4 is 17.5 Å². The average Bonchev–Trinajstić information content (AvgIpc) is 3.21. The van der Waals surface area contributed by atoms with E-state index in [1.807, 2.05) is 42.0 Å². The summed E-state index contributed by atoms with van der Waals surface area (Å²) < 4.78 is 1.98. The van der Waals surface area contributed by atoms with Crippen molar-refractivity contribution in [3.05, 3.63) is 48.5 Å². The van der Waals surface area contributed by atoms with Gasteiger partial charge in [-0.05, 0) is 31.0 Å². The van der Waals surface area contributed by atoms with Gasteiger partial charge in [-0.2, -0.15) is 0 Å². The summed E-state index contributed by atoms with van der Waals surface area (Å²) in [6.45, 7) is 3.87. The molecule has 1 unspecified atom stereocenters. The third-order valence-electron chi connectivity index (χ3n) is 4.26. The molecule has 1 aliphatic rings. The number of carbonyl (C=O) groups excluding carboxylic acids is 2. The van der Waals surface area contributed by atoms with E-state index < -0.39 is 0 Å². The summed E-state index contributed by atoms with van der Waals surface area (Å²) in [5, 5.41) is 2.94. The highest BCUT2D eigenvalue weighted by atomic mass is 16.2. The minimum absolute atomic E-state index is 0.0131. The predicted octanol–water partition coefficient (Wildman–Crippen LogP) is 1.75. The molecular weight excluding hydrogens is 304 g/mol. The molecule has 1 atom stereocenters. The van der Waals surface area contributed by atoms with E-state index in [2.05, 4.69) is 10.3 Å². The monoisotopic (exact) mass is 326 g/mol. The molecule has 1 saturated heterocycles. The van der Waals surface area contributed by atoms with Gasteiger partial charge < -0.3 is 14.8 Å². The molecule has 6 heteroatoms. The number of benzene rings is 1. The van der Waals surface area contributed by atoms with Crippen molar-refractivity contribution in [2.75, 3.05) is 18.0 Å². The van der Waals surface area contributed by atoms with Gasteiger partial charge >= 0.3 is 0 Å². The highest BCUT2D eigenvalue weighted by Gasteiger charge is 2.34. The van der Waals surface area contributed by atoms with Crippen LogP contribution in [0.15, 0.2) is 43.0 Å². The highest BCUT2D eigenvalue weighted by molar-refractivity contribution is 6.00. The molecule has 0 spiro atoms. The Hall–Kier alpha value is -2.63. The van der Waals surface area contributed by atoms with Crippen molar-refractivity contribution in [2.24, 2.45) is 5.92 Å². The second-order valence-electron chi connectivity index (χ2n) is 6.19. The lowest BCUT2D eigenvalue weighted by Gasteiger charge is -2.17. The van der Waals surface area contributed by atoms with Gasteiger partial charge in [0.1, 0.15) is 0 Å². The summed E-state index contributed by atoms with van der Waals surface area (Å²) in [7, 11) is 0. The van der Waals surface area contributed by atoms with Crippen LogP contribution in [0.1, 0.15) is 18.4 Å². The molecule has 1 aromatic carbocycles. The van der Waals surface area contributed by atoms with Crippen molar-refractivity contribution in [3.8, 4) is 0 Å². The summed E-state index contributed by atoms with van der Waals surface area (Å²) in [6, 6.07) is 7.82. The minimum atomic E-state index is -0.272. The number of nitrogens with zero attached hydrogens (tertiary/aromatic N) is 3. The predicted molar refractivity (Wildman–Crippen MR) is 91.5 cm³/mol. The molecule has 2 aromatic rings. The second-order valence-corrected chi connectivity index (χ2v) is 6.19. The number of hydrogen-bond donors (Lipinski definition) is 1. The fraction of sp³-hybridized carbons (Fsp3) is 0.389. The Bertz CT molecular complexity index is 712. The Labute approximate surface area is 141 Å². The number of amides is 2. The molecule has 24 heavy (non-hydrogen) atoms. The largest absolute Gasteiger partial charge is 0.356 e. The molecule has 0 aliphatic carbocycles. The molecule has 0 radical (unpaired) electrons. The van der Waals surface area contributed by atoms with Gasteiger partial charge in [0, 0.05) is 44.1 Å². The SMILES string of the molecule is Cc1cccc(N2CC(C(=O)NCCCn3ccnc3)CC2=O)c1. The fourth-order valence-electron chi connectivity index (χ4n) is 2.97. The first-order chi connectivity index (χ1) is 11.6. The summed E-state index contributed by atoms with van der Waals surface area (Å²) in [5.74, 6) is -0.297. The van der Waals surface area contributed by atoms with E-state index >= 15 is 0 Å². The molecule has 126 valence electrons. The minimum Gasteiger partial charge on any atom is -0.356 e. The van der Waals surface area contributed by atoms with E-state index in [-0.39, 0.29) is 24.2 Å². The Morgan fingerprint density at radius 3 is 3.04 bits per heavy atom. The Morgan fingerprint density at radius 2 is 2.29 bits per heavy atom. The van der Waals surface area contributed by atoms with Gasteiger partial charge in [0.05, 0.1) is 12.2 Å². The van der Waals surface area contributed by atoms with Crippen molar-refractivity contribution < 1.29 is 9.59 Å². The molecule has 2 amide bonds. The van der Waals surface area contributed by atoms with Gasteiger partial charge in [-0.25, -0.2) is 4.98 Å². The maximum Gasteiger partial charge on any atom is 0.227 e. The summed E-state index contributed by atoms with van der Waals surface area (Å²) in [4.78, 5) is 30.2. The van der Waals surface area contributed by atoms with Crippen LogP contribution in [-0.4, -0.2) is 34.5 Å². The number of aromatic nitrogens is 2. The standard InChI is InChI=1S/C18H22N4O2/c1-14-4-2-5-16(10-14)22-12-15(11-17(22)23)18(24)20-6-3-8-21-9-7-19-13-21/h2,4-5,7,9-10,13,15H,3,6,8,11-12H2,1H3,(H,20,24). The quantitative estimate of drug-likeness (QED) is 0.823. The number of aryl methyl sites for hydroxylation is 2. The molecule has 1 aromatic heterocycles. The van der Waals surface area contributed by atoms with Crippen LogP contribution in [0.3, 0.4) is 0 Å². The van der Waals surface area contributed by atoms with Gasteiger partial charge in [0.15, 0.2) is 0 Å². The Morgan fingerprint density at radius 1 is 1.42 bits per heavy atom. The fourth-order valence-corrected chi connectivity index (χ4v) is 2.97. The van der Waals surface area contributed by atoms with Crippen LogP contribution in [0.25, 0.3) is 0 Å². The van der Waals surface area contributed by atoms with Crippen LogP contribution >= 0.6 is 0 Å². The van der Waals surface area contributed by atoms with E-state index in [1.54, 1.807) is 17.4 Å². The normalized spacial score (nSPS) is 17.3. The summed E-state index contributed by atoms with van der Waals surface area (Å²) in [5.41, 5.74) is 1.98. The van der Waals surface area contributed by atoms with Gasteiger partial charge in [-0.3, -0.25) is 9.59 Å². The van der Waals surface area contributed by atoms with Crippen LogP contribution in [0.2, 0.25) is 0 Å². The molecule has 1 fully saturated rings. The van der Waals surface area contributed by atoms with E-state index in [4.69, 9.17) is 0 Å². The zero-order valence-corrected chi connectivity index (χ0v) is 13.8. The lowest BCUT2D eigenvalue weighted by molar-refractivity contribution is -0.126. The van der Waals surface area contributed by atoms with E-state index in [0.29, 0.717) is 13.1 Å². The lowest BCUT2D eigenvalue weighted by Crippen LogP contribution is -2.33. The molecule has 1 aliphatic heterocycles. The van der Waals surface area contributed by atoms with E-state index in [1.165, 1.54) is 0 Å². The Balaban J connectivity index is 1.48. The number of carbonyl (C=O) groups is 2.